The molecule has 0 aliphatic rings. The molecule has 1 unspecified atom stereocenters. The van der Waals surface area contributed by atoms with Crippen LogP contribution in [-0.4, -0.2) is 0 Å². The quantitative estimate of drug-likeness (QED) is 0.793. The van der Waals surface area contributed by atoms with Crippen molar-refractivity contribution in [2.45, 2.75) is 19.4 Å². The third-order valence-electron chi connectivity index (χ3n) is 3.15. The van der Waals surface area contributed by atoms with Crippen molar-refractivity contribution >= 4 is 27.5 Å². The van der Waals surface area contributed by atoms with Gasteiger partial charge in [0.05, 0.1) is 11.1 Å². The minimum absolute atomic E-state index is 0.352. The van der Waals surface area contributed by atoms with E-state index < -0.39 is 6.04 Å². The maximum absolute atomic E-state index is 14.0. The Balaban J connectivity index is 2.50. The molecule has 0 aliphatic heterocycles. The third-order valence-corrected chi connectivity index (χ3v) is 4.34. The van der Waals surface area contributed by atoms with E-state index in [-0.39, 0.29) is 5.82 Å². The number of hydrogen-bond acceptors (Lipinski definition) is 1. The van der Waals surface area contributed by atoms with E-state index in [0.29, 0.717) is 15.1 Å². The molecule has 0 bridgehead atoms. The van der Waals surface area contributed by atoms with Crippen molar-refractivity contribution in [3.05, 3.63) is 68.4 Å². The molecule has 0 spiro atoms. The SMILES string of the molecule is CCc1ccccc1C(N)c1cc(Cl)c(Br)cc1F. The van der Waals surface area contributed by atoms with Crippen LogP contribution < -0.4 is 5.73 Å². The molecule has 2 aromatic rings. The van der Waals surface area contributed by atoms with Crippen LogP contribution in [0.15, 0.2) is 40.9 Å². The average Bonchev–Trinajstić information content (AvgIpc) is 2.42. The molecule has 0 fully saturated rings. The molecular weight excluding hydrogens is 329 g/mol. The Kier molecular flexibility index (Phi) is 4.61. The molecule has 100 valence electrons. The molecule has 0 heterocycles. The first kappa shape index (κ1) is 14.5. The summed E-state index contributed by atoms with van der Waals surface area (Å²) in [4.78, 5) is 0. The number of rotatable bonds is 3. The van der Waals surface area contributed by atoms with E-state index in [9.17, 15) is 4.39 Å². The highest BCUT2D eigenvalue weighted by Gasteiger charge is 2.17. The molecule has 4 heteroatoms. The van der Waals surface area contributed by atoms with Crippen molar-refractivity contribution in [2.75, 3.05) is 0 Å². The van der Waals surface area contributed by atoms with Gasteiger partial charge in [-0.1, -0.05) is 42.8 Å². The molecule has 1 nitrogen and oxygen atoms in total. The first-order valence-corrected chi connectivity index (χ1v) is 7.19. The highest BCUT2D eigenvalue weighted by molar-refractivity contribution is 9.10. The van der Waals surface area contributed by atoms with Gasteiger partial charge in [0.25, 0.3) is 0 Å². The molecule has 0 saturated carbocycles. The van der Waals surface area contributed by atoms with Gasteiger partial charge in [-0.2, -0.15) is 0 Å². The van der Waals surface area contributed by atoms with Gasteiger partial charge in [-0.05, 0) is 45.6 Å². The van der Waals surface area contributed by atoms with E-state index in [1.54, 1.807) is 6.07 Å². The molecule has 2 rings (SSSR count). The fourth-order valence-electron chi connectivity index (χ4n) is 2.10. The Morgan fingerprint density at radius 3 is 2.63 bits per heavy atom. The summed E-state index contributed by atoms with van der Waals surface area (Å²) in [6, 6.07) is 10.2. The Labute approximate surface area is 125 Å². The molecule has 1 atom stereocenters. The highest BCUT2D eigenvalue weighted by Crippen LogP contribution is 2.31. The fraction of sp³-hybridized carbons (Fsp3) is 0.200. The standard InChI is InChI=1S/C15H14BrClFN/c1-2-9-5-3-4-6-10(9)15(19)11-7-13(17)12(16)8-14(11)18/h3-8,15H,2,19H2,1H3. The lowest BCUT2D eigenvalue weighted by Crippen LogP contribution is -2.15. The van der Waals surface area contributed by atoms with E-state index in [0.717, 1.165) is 17.5 Å². The van der Waals surface area contributed by atoms with E-state index in [4.69, 9.17) is 17.3 Å². The zero-order valence-electron chi connectivity index (χ0n) is 10.5. The first-order valence-electron chi connectivity index (χ1n) is 6.02. The van der Waals surface area contributed by atoms with Gasteiger partial charge < -0.3 is 5.73 Å². The predicted molar refractivity (Wildman–Crippen MR) is 81.0 cm³/mol. The zero-order chi connectivity index (χ0) is 14.0. The van der Waals surface area contributed by atoms with Gasteiger partial charge in [0, 0.05) is 10.0 Å². The lowest BCUT2D eigenvalue weighted by molar-refractivity contribution is 0.598. The molecule has 2 aromatic carbocycles. The molecule has 0 aromatic heterocycles. The molecular formula is C15H14BrClFN. The maximum Gasteiger partial charge on any atom is 0.129 e. The zero-order valence-corrected chi connectivity index (χ0v) is 12.8. The smallest absolute Gasteiger partial charge is 0.129 e. The monoisotopic (exact) mass is 341 g/mol. The van der Waals surface area contributed by atoms with Gasteiger partial charge in [0.1, 0.15) is 5.82 Å². The van der Waals surface area contributed by atoms with Crippen molar-refractivity contribution in [3.8, 4) is 0 Å². The minimum Gasteiger partial charge on any atom is -0.320 e. The van der Waals surface area contributed by atoms with Gasteiger partial charge in [-0.25, -0.2) is 4.39 Å². The average molecular weight is 343 g/mol. The van der Waals surface area contributed by atoms with Crippen LogP contribution in [-0.2, 0) is 6.42 Å². The minimum atomic E-state index is -0.512. The van der Waals surface area contributed by atoms with Gasteiger partial charge in [0.2, 0.25) is 0 Å². The molecule has 0 amide bonds. The largest absolute Gasteiger partial charge is 0.320 e. The number of nitrogens with two attached hydrogens (primary N) is 1. The normalized spacial score (nSPS) is 12.5. The van der Waals surface area contributed by atoms with Gasteiger partial charge in [0.15, 0.2) is 0 Å². The number of benzene rings is 2. The Morgan fingerprint density at radius 1 is 1.26 bits per heavy atom. The predicted octanol–water partition coefficient (Wildman–Crippen LogP) is 4.85. The van der Waals surface area contributed by atoms with Crippen LogP contribution in [0.25, 0.3) is 0 Å². The number of aryl methyl sites for hydroxylation is 1. The van der Waals surface area contributed by atoms with Crippen molar-refractivity contribution in [2.24, 2.45) is 5.73 Å². The second-order valence-corrected chi connectivity index (χ2v) is 5.58. The second-order valence-electron chi connectivity index (χ2n) is 4.32. The van der Waals surface area contributed by atoms with Crippen molar-refractivity contribution in [1.29, 1.82) is 0 Å². The fourth-order valence-corrected chi connectivity index (χ4v) is 2.59. The van der Waals surface area contributed by atoms with E-state index in [1.807, 2.05) is 24.3 Å². The Hall–Kier alpha value is -0.900. The number of halogens is 3. The number of hydrogen-bond donors (Lipinski definition) is 1. The molecule has 19 heavy (non-hydrogen) atoms. The van der Waals surface area contributed by atoms with Gasteiger partial charge >= 0.3 is 0 Å². The van der Waals surface area contributed by atoms with E-state index in [2.05, 4.69) is 22.9 Å². The molecule has 2 N–H and O–H groups in total. The van der Waals surface area contributed by atoms with Crippen molar-refractivity contribution < 1.29 is 4.39 Å². The highest BCUT2D eigenvalue weighted by atomic mass is 79.9. The van der Waals surface area contributed by atoms with Gasteiger partial charge in [-0.3, -0.25) is 0 Å². The molecule has 0 aliphatic carbocycles. The molecule has 0 saturated heterocycles. The van der Waals surface area contributed by atoms with Crippen LogP contribution >= 0.6 is 27.5 Å². The summed E-state index contributed by atoms with van der Waals surface area (Å²) >= 11 is 9.22. The summed E-state index contributed by atoms with van der Waals surface area (Å²) in [6.07, 6.45) is 0.857. The van der Waals surface area contributed by atoms with Crippen molar-refractivity contribution in [3.63, 3.8) is 0 Å². The van der Waals surface area contributed by atoms with Crippen LogP contribution in [0.3, 0.4) is 0 Å². The van der Waals surface area contributed by atoms with Crippen LogP contribution in [0.5, 0.6) is 0 Å². The Morgan fingerprint density at radius 2 is 1.95 bits per heavy atom. The topological polar surface area (TPSA) is 26.0 Å². The summed E-state index contributed by atoms with van der Waals surface area (Å²) < 4.78 is 14.6. The summed E-state index contributed by atoms with van der Waals surface area (Å²) in [5, 5.41) is 0.459. The van der Waals surface area contributed by atoms with Crippen LogP contribution in [0, 0.1) is 5.82 Å². The maximum atomic E-state index is 14.0. The van der Waals surface area contributed by atoms with Crippen LogP contribution in [0.4, 0.5) is 4.39 Å². The lowest BCUT2D eigenvalue weighted by atomic mass is 9.94. The summed E-state index contributed by atoms with van der Waals surface area (Å²) in [5.74, 6) is -0.352. The van der Waals surface area contributed by atoms with Gasteiger partial charge in [-0.15, -0.1) is 0 Å². The summed E-state index contributed by atoms with van der Waals surface area (Å²) in [6.45, 7) is 2.05. The third kappa shape index (κ3) is 2.99. The first-order chi connectivity index (χ1) is 9.04. The van der Waals surface area contributed by atoms with Crippen LogP contribution in [0.1, 0.15) is 29.7 Å². The molecule has 0 radical (unpaired) electrons. The van der Waals surface area contributed by atoms with E-state index >= 15 is 0 Å². The van der Waals surface area contributed by atoms with Crippen molar-refractivity contribution in [1.82, 2.24) is 0 Å². The summed E-state index contributed by atoms with van der Waals surface area (Å²) in [5.41, 5.74) is 8.66. The Bertz CT molecular complexity index is 601. The van der Waals surface area contributed by atoms with E-state index in [1.165, 1.54) is 6.07 Å². The second kappa shape index (κ2) is 6.04. The van der Waals surface area contributed by atoms with Crippen LogP contribution in [0.2, 0.25) is 5.02 Å². The summed E-state index contributed by atoms with van der Waals surface area (Å²) in [7, 11) is 0. The lowest BCUT2D eigenvalue weighted by Gasteiger charge is -2.17.